The summed E-state index contributed by atoms with van der Waals surface area (Å²) >= 11 is 7.86. The molecule has 5 heteroatoms. The van der Waals surface area contributed by atoms with E-state index in [4.69, 9.17) is 17.3 Å². The van der Waals surface area contributed by atoms with Gasteiger partial charge in [-0.05, 0) is 18.2 Å². The quantitative estimate of drug-likeness (QED) is 0.810. The molecule has 1 unspecified atom stereocenters. The van der Waals surface area contributed by atoms with E-state index in [1.54, 1.807) is 6.07 Å². The first-order valence-electron chi connectivity index (χ1n) is 4.90. The fourth-order valence-corrected chi connectivity index (χ4v) is 3.18. The number of rotatable bonds is 2. The average molecular weight is 244 g/mol. The molecule has 2 rings (SSSR count). The Bertz CT molecular complexity index is 332. The SMILES string of the molecule is CN(c1cc(N)cc(Cl)n1)C1CCSC1. The highest BCUT2D eigenvalue weighted by atomic mass is 35.5. The Morgan fingerprint density at radius 2 is 2.40 bits per heavy atom. The van der Waals surface area contributed by atoms with E-state index in [2.05, 4.69) is 16.9 Å². The van der Waals surface area contributed by atoms with Gasteiger partial charge < -0.3 is 10.6 Å². The molecule has 0 aromatic carbocycles. The van der Waals surface area contributed by atoms with Crippen molar-refractivity contribution in [1.82, 2.24) is 4.98 Å². The highest BCUT2D eigenvalue weighted by Crippen LogP contribution is 2.26. The van der Waals surface area contributed by atoms with Gasteiger partial charge >= 0.3 is 0 Å². The highest BCUT2D eigenvalue weighted by Gasteiger charge is 2.21. The van der Waals surface area contributed by atoms with E-state index >= 15 is 0 Å². The lowest BCUT2D eigenvalue weighted by molar-refractivity contribution is 0.692. The van der Waals surface area contributed by atoms with Crippen LogP contribution in [0.5, 0.6) is 0 Å². The van der Waals surface area contributed by atoms with Crippen molar-refractivity contribution in [3.63, 3.8) is 0 Å². The van der Waals surface area contributed by atoms with Crippen LogP contribution in [0.25, 0.3) is 0 Å². The monoisotopic (exact) mass is 243 g/mol. The second kappa shape index (κ2) is 4.49. The number of hydrogen-bond donors (Lipinski definition) is 1. The summed E-state index contributed by atoms with van der Waals surface area (Å²) in [7, 11) is 2.05. The van der Waals surface area contributed by atoms with E-state index in [0.717, 1.165) is 11.6 Å². The van der Waals surface area contributed by atoms with Crippen molar-refractivity contribution >= 4 is 34.9 Å². The van der Waals surface area contributed by atoms with Crippen molar-refractivity contribution in [3.05, 3.63) is 17.3 Å². The third kappa shape index (κ3) is 2.49. The number of anilines is 2. The van der Waals surface area contributed by atoms with Crippen LogP contribution in [0.4, 0.5) is 11.5 Å². The number of nitrogens with two attached hydrogens (primary N) is 1. The van der Waals surface area contributed by atoms with Gasteiger partial charge in [-0.25, -0.2) is 4.98 Å². The summed E-state index contributed by atoms with van der Waals surface area (Å²) in [5, 5.41) is 0.461. The van der Waals surface area contributed by atoms with E-state index in [1.165, 1.54) is 12.2 Å². The van der Waals surface area contributed by atoms with Gasteiger partial charge in [-0.3, -0.25) is 0 Å². The van der Waals surface area contributed by atoms with E-state index in [9.17, 15) is 0 Å². The largest absolute Gasteiger partial charge is 0.399 e. The molecule has 0 spiro atoms. The molecule has 1 aliphatic rings. The predicted molar refractivity (Wildman–Crippen MR) is 67.8 cm³/mol. The van der Waals surface area contributed by atoms with Crippen LogP contribution in [-0.2, 0) is 0 Å². The first kappa shape index (κ1) is 10.9. The zero-order valence-electron chi connectivity index (χ0n) is 8.61. The maximum absolute atomic E-state index is 5.88. The minimum atomic E-state index is 0.461. The molecular formula is C10H14ClN3S. The van der Waals surface area contributed by atoms with E-state index < -0.39 is 0 Å². The fourth-order valence-electron chi connectivity index (χ4n) is 1.70. The summed E-state index contributed by atoms with van der Waals surface area (Å²) in [6.45, 7) is 0. The molecule has 1 aliphatic heterocycles. The number of pyridine rings is 1. The van der Waals surface area contributed by atoms with E-state index in [1.807, 2.05) is 17.8 Å². The van der Waals surface area contributed by atoms with E-state index in [-0.39, 0.29) is 0 Å². The average Bonchev–Trinajstić information content (AvgIpc) is 2.67. The number of nitrogen functional groups attached to an aromatic ring is 1. The molecule has 1 atom stereocenters. The minimum absolute atomic E-state index is 0.461. The van der Waals surface area contributed by atoms with Gasteiger partial charge in [0.25, 0.3) is 0 Å². The van der Waals surface area contributed by atoms with Crippen LogP contribution in [0.15, 0.2) is 12.1 Å². The normalized spacial score (nSPS) is 20.5. The fraction of sp³-hybridized carbons (Fsp3) is 0.500. The lowest BCUT2D eigenvalue weighted by atomic mass is 10.2. The van der Waals surface area contributed by atoms with Crippen LogP contribution < -0.4 is 10.6 Å². The predicted octanol–water partition coefficient (Wildman–Crippen LogP) is 2.26. The Hall–Kier alpha value is -0.610. The summed E-state index contributed by atoms with van der Waals surface area (Å²) in [5.74, 6) is 3.25. The molecule has 3 nitrogen and oxygen atoms in total. The van der Waals surface area contributed by atoms with Crippen molar-refractivity contribution in [2.75, 3.05) is 29.2 Å². The molecule has 1 saturated heterocycles. The Kier molecular flexibility index (Phi) is 3.26. The summed E-state index contributed by atoms with van der Waals surface area (Å²) in [4.78, 5) is 6.45. The molecule has 1 fully saturated rings. The first-order chi connectivity index (χ1) is 7.16. The molecule has 82 valence electrons. The molecule has 1 aromatic rings. The number of nitrogens with zero attached hydrogens (tertiary/aromatic N) is 2. The van der Waals surface area contributed by atoms with Gasteiger partial charge in [-0.15, -0.1) is 0 Å². The molecular weight excluding hydrogens is 230 g/mol. The van der Waals surface area contributed by atoms with Gasteiger partial charge in [-0.2, -0.15) is 11.8 Å². The topological polar surface area (TPSA) is 42.1 Å². The van der Waals surface area contributed by atoms with Crippen LogP contribution in [0.1, 0.15) is 6.42 Å². The third-order valence-corrected chi connectivity index (χ3v) is 3.96. The molecule has 1 aromatic heterocycles. The molecule has 2 N–H and O–H groups in total. The smallest absolute Gasteiger partial charge is 0.133 e. The molecule has 0 radical (unpaired) electrons. The van der Waals surface area contributed by atoms with Gasteiger partial charge in [0.15, 0.2) is 0 Å². The summed E-state index contributed by atoms with van der Waals surface area (Å²) in [5.41, 5.74) is 6.41. The number of hydrogen-bond acceptors (Lipinski definition) is 4. The first-order valence-corrected chi connectivity index (χ1v) is 6.44. The molecule has 0 amide bonds. The van der Waals surface area contributed by atoms with E-state index in [0.29, 0.717) is 16.9 Å². The second-order valence-electron chi connectivity index (χ2n) is 3.71. The molecule has 0 bridgehead atoms. The van der Waals surface area contributed by atoms with Crippen LogP contribution in [0.2, 0.25) is 5.15 Å². The van der Waals surface area contributed by atoms with Gasteiger partial charge in [0.05, 0.1) is 0 Å². The zero-order chi connectivity index (χ0) is 10.8. The minimum Gasteiger partial charge on any atom is -0.399 e. The van der Waals surface area contributed by atoms with Gasteiger partial charge in [-0.1, -0.05) is 11.6 Å². The Morgan fingerprint density at radius 3 is 3.00 bits per heavy atom. The van der Waals surface area contributed by atoms with Crippen LogP contribution in [0.3, 0.4) is 0 Å². The summed E-state index contributed by atoms with van der Waals surface area (Å²) in [6, 6.07) is 4.09. The molecule has 0 saturated carbocycles. The maximum atomic E-state index is 5.88. The van der Waals surface area contributed by atoms with Crippen molar-refractivity contribution in [2.24, 2.45) is 0 Å². The Labute approximate surface area is 99.0 Å². The number of halogens is 1. The Balaban J connectivity index is 2.20. The third-order valence-electron chi connectivity index (χ3n) is 2.62. The standard InChI is InChI=1S/C10H14ClN3S/c1-14(8-2-3-15-6-8)10-5-7(12)4-9(11)13-10/h4-5,8H,2-3,6H2,1H3,(H2,12,13). The molecule has 2 heterocycles. The van der Waals surface area contributed by atoms with Crippen molar-refractivity contribution in [2.45, 2.75) is 12.5 Å². The van der Waals surface area contributed by atoms with Gasteiger partial charge in [0, 0.05) is 30.6 Å². The lowest BCUT2D eigenvalue weighted by Crippen LogP contribution is -2.32. The number of thioether (sulfide) groups is 1. The summed E-state index contributed by atoms with van der Waals surface area (Å²) in [6.07, 6.45) is 1.20. The van der Waals surface area contributed by atoms with Crippen LogP contribution in [-0.4, -0.2) is 29.6 Å². The van der Waals surface area contributed by atoms with Crippen LogP contribution in [0, 0.1) is 0 Å². The van der Waals surface area contributed by atoms with Gasteiger partial charge in [0.2, 0.25) is 0 Å². The van der Waals surface area contributed by atoms with Crippen molar-refractivity contribution < 1.29 is 0 Å². The molecule has 15 heavy (non-hydrogen) atoms. The van der Waals surface area contributed by atoms with Gasteiger partial charge in [0.1, 0.15) is 11.0 Å². The maximum Gasteiger partial charge on any atom is 0.133 e. The zero-order valence-corrected chi connectivity index (χ0v) is 10.2. The van der Waals surface area contributed by atoms with Crippen LogP contribution >= 0.6 is 23.4 Å². The van der Waals surface area contributed by atoms with Crippen molar-refractivity contribution in [3.8, 4) is 0 Å². The number of aromatic nitrogens is 1. The second-order valence-corrected chi connectivity index (χ2v) is 5.25. The summed E-state index contributed by atoms with van der Waals surface area (Å²) < 4.78 is 0. The van der Waals surface area contributed by atoms with Crippen molar-refractivity contribution in [1.29, 1.82) is 0 Å². The molecule has 0 aliphatic carbocycles. The highest BCUT2D eigenvalue weighted by molar-refractivity contribution is 7.99. The lowest BCUT2D eigenvalue weighted by Gasteiger charge is -2.25. The Morgan fingerprint density at radius 1 is 1.60 bits per heavy atom.